The van der Waals surface area contributed by atoms with Gasteiger partial charge in [0.15, 0.2) is 0 Å². The predicted molar refractivity (Wildman–Crippen MR) is 42.7 cm³/mol. The van der Waals surface area contributed by atoms with Crippen molar-refractivity contribution < 1.29 is 17.9 Å². The normalized spacial score (nSPS) is 11.5. The van der Waals surface area contributed by atoms with E-state index in [2.05, 4.69) is 0 Å². The zero-order valence-electron chi connectivity index (χ0n) is 7.27. The molecule has 0 saturated carbocycles. The summed E-state index contributed by atoms with van der Waals surface area (Å²) in [6.45, 7) is 1.42. The third-order valence-electron chi connectivity index (χ3n) is 1.75. The minimum atomic E-state index is -4.31. The van der Waals surface area contributed by atoms with E-state index in [0.29, 0.717) is 0 Å². The molecule has 1 aromatic rings. The van der Waals surface area contributed by atoms with Gasteiger partial charge in [0.25, 0.3) is 0 Å². The number of hydrogen-bond acceptors (Lipinski definition) is 1. The number of rotatable bonds is 1. The van der Waals surface area contributed by atoms with Gasteiger partial charge < -0.3 is 4.74 Å². The second kappa shape index (κ2) is 3.28. The molecule has 1 nitrogen and oxygen atoms in total. The average Bonchev–Trinajstić information content (AvgIpc) is 2.03. The van der Waals surface area contributed by atoms with Crippen LogP contribution >= 0.6 is 0 Å². The summed E-state index contributed by atoms with van der Waals surface area (Å²) in [5, 5.41) is 0. The van der Waals surface area contributed by atoms with E-state index in [1.807, 2.05) is 0 Å². The molecule has 0 atom stereocenters. The quantitative estimate of drug-likeness (QED) is 0.661. The molecule has 72 valence electrons. The van der Waals surface area contributed by atoms with E-state index in [-0.39, 0.29) is 11.3 Å². The van der Waals surface area contributed by atoms with Crippen LogP contribution in [0.4, 0.5) is 13.2 Å². The van der Waals surface area contributed by atoms with Gasteiger partial charge in [-0.1, -0.05) is 6.07 Å². The molecular formula is C9H9F3O. The summed E-state index contributed by atoms with van der Waals surface area (Å²) >= 11 is 0. The number of aryl methyl sites for hydroxylation is 1. The Morgan fingerprint density at radius 3 is 2.31 bits per heavy atom. The summed E-state index contributed by atoms with van der Waals surface area (Å²) in [5.41, 5.74) is -0.444. The monoisotopic (exact) mass is 190 g/mol. The SMILES string of the molecule is COc1ccc(C)c(C(F)(F)F)c1. The maximum absolute atomic E-state index is 12.3. The number of benzene rings is 1. The first-order valence-corrected chi connectivity index (χ1v) is 3.67. The van der Waals surface area contributed by atoms with Crippen LogP contribution in [0.2, 0.25) is 0 Å². The Balaban J connectivity index is 3.19. The van der Waals surface area contributed by atoms with E-state index < -0.39 is 11.7 Å². The third kappa shape index (κ3) is 2.14. The summed E-state index contributed by atoms with van der Waals surface area (Å²) in [4.78, 5) is 0. The van der Waals surface area contributed by atoms with E-state index in [1.165, 1.54) is 26.2 Å². The molecule has 0 bridgehead atoms. The fourth-order valence-corrected chi connectivity index (χ4v) is 1.03. The van der Waals surface area contributed by atoms with Crippen molar-refractivity contribution in [1.29, 1.82) is 0 Å². The lowest BCUT2D eigenvalue weighted by atomic mass is 10.1. The molecule has 13 heavy (non-hydrogen) atoms. The lowest BCUT2D eigenvalue weighted by Gasteiger charge is -2.11. The first-order valence-electron chi connectivity index (χ1n) is 3.67. The molecular weight excluding hydrogens is 181 g/mol. The summed E-state index contributed by atoms with van der Waals surface area (Å²) in [7, 11) is 1.34. The number of hydrogen-bond donors (Lipinski definition) is 0. The van der Waals surface area contributed by atoms with Crippen LogP contribution in [0.5, 0.6) is 5.75 Å². The van der Waals surface area contributed by atoms with Gasteiger partial charge in [0.05, 0.1) is 12.7 Å². The molecule has 0 fully saturated rings. The van der Waals surface area contributed by atoms with Crippen LogP contribution in [0.25, 0.3) is 0 Å². The fourth-order valence-electron chi connectivity index (χ4n) is 1.03. The van der Waals surface area contributed by atoms with Crippen LogP contribution in [0.3, 0.4) is 0 Å². The molecule has 1 aromatic carbocycles. The molecule has 0 N–H and O–H groups in total. The Morgan fingerprint density at radius 1 is 1.23 bits per heavy atom. The zero-order chi connectivity index (χ0) is 10.1. The maximum Gasteiger partial charge on any atom is 0.416 e. The van der Waals surface area contributed by atoms with Gasteiger partial charge in [0.2, 0.25) is 0 Å². The molecule has 0 aliphatic heterocycles. The molecule has 0 unspecified atom stereocenters. The lowest BCUT2D eigenvalue weighted by Crippen LogP contribution is -2.07. The molecule has 1 rings (SSSR count). The topological polar surface area (TPSA) is 9.23 Å². The van der Waals surface area contributed by atoms with Gasteiger partial charge in [-0.25, -0.2) is 0 Å². The van der Waals surface area contributed by atoms with Crippen molar-refractivity contribution in [3.63, 3.8) is 0 Å². The van der Waals surface area contributed by atoms with Crippen molar-refractivity contribution in [2.75, 3.05) is 7.11 Å². The zero-order valence-corrected chi connectivity index (χ0v) is 7.27. The number of ether oxygens (including phenoxy) is 1. The molecule has 0 saturated heterocycles. The molecule has 0 aliphatic rings. The highest BCUT2D eigenvalue weighted by atomic mass is 19.4. The summed E-state index contributed by atoms with van der Waals surface area (Å²) in [6.07, 6.45) is -4.31. The Labute approximate surface area is 74.1 Å². The largest absolute Gasteiger partial charge is 0.497 e. The molecule has 0 heterocycles. The third-order valence-corrected chi connectivity index (χ3v) is 1.75. The fraction of sp³-hybridized carbons (Fsp3) is 0.333. The molecule has 0 amide bonds. The van der Waals surface area contributed by atoms with Gasteiger partial charge in [-0.3, -0.25) is 0 Å². The Bertz CT molecular complexity index is 304. The highest BCUT2D eigenvalue weighted by molar-refractivity contribution is 5.36. The van der Waals surface area contributed by atoms with Gasteiger partial charge in [-0.15, -0.1) is 0 Å². The van der Waals surface area contributed by atoms with Crippen LogP contribution in [0, 0.1) is 6.92 Å². The van der Waals surface area contributed by atoms with E-state index in [1.54, 1.807) is 0 Å². The van der Waals surface area contributed by atoms with E-state index in [4.69, 9.17) is 4.74 Å². The summed E-state index contributed by atoms with van der Waals surface area (Å²) in [6, 6.07) is 3.89. The summed E-state index contributed by atoms with van der Waals surface area (Å²) in [5.74, 6) is 0.220. The molecule has 0 aromatic heterocycles. The van der Waals surface area contributed by atoms with Crippen LogP contribution in [0.15, 0.2) is 18.2 Å². The van der Waals surface area contributed by atoms with Gasteiger partial charge in [-0.05, 0) is 24.6 Å². The predicted octanol–water partition coefficient (Wildman–Crippen LogP) is 3.02. The Morgan fingerprint density at radius 2 is 1.85 bits per heavy atom. The van der Waals surface area contributed by atoms with Crippen molar-refractivity contribution in [3.8, 4) is 5.75 Å². The van der Waals surface area contributed by atoms with Gasteiger partial charge in [-0.2, -0.15) is 13.2 Å². The smallest absolute Gasteiger partial charge is 0.416 e. The van der Waals surface area contributed by atoms with Crippen molar-refractivity contribution >= 4 is 0 Å². The number of methoxy groups -OCH3 is 1. The molecule has 0 radical (unpaired) electrons. The first-order chi connectivity index (χ1) is 5.95. The molecule has 4 heteroatoms. The van der Waals surface area contributed by atoms with Crippen LogP contribution in [-0.4, -0.2) is 7.11 Å². The maximum atomic E-state index is 12.3. The Hall–Kier alpha value is -1.19. The standard InChI is InChI=1S/C9H9F3O/c1-6-3-4-7(13-2)5-8(6)9(10,11)12/h3-5H,1-2H3. The highest BCUT2D eigenvalue weighted by Gasteiger charge is 2.32. The minimum absolute atomic E-state index is 0.202. The van der Waals surface area contributed by atoms with Crippen molar-refractivity contribution in [3.05, 3.63) is 29.3 Å². The minimum Gasteiger partial charge on any atom is -0.497 e. The van der Waals surface area contributed by atoms with Crippen LogP contribution in [-0.2, 0) is 6.18 Å². The van der Waals surface area contributed by atoms with Gasteiger partial charge >= 0.3 is 6.18 Å². The van der Waals surface area contributed by atoms with Crippen molar-refractivity contribution in [2.24, 2.45) is 0 Å². The molecule has 0 spiro atoms. The first kappa shape index (κ1) is 9.89. The van der Waals surface area contributed by atoms with Gasteiger partial charge in [0, 0.05) is 0 Å². The van der Waals surface area contributed by atoms with Gasteiger partial charge in [0.1, 0.15) is 5.75 Å². The van der Waals surface area contributed by atoms with E-state index >= 15 is 0 Å². The van der Waals surface area contributed by atoms with Crippen molar-refractivity contribution in [1.82, 2.24) is 0 Å². The van der Waals surface area contributed by atoms with Crippen LogP contribution < -0.4 is 4.74 Å². The highest BCUT2D eigenvalue weighted by Crippen LogP contribution is 2.33. The van der Waals surface area contributed by atoms with Crippen LogP contribution in [0.1, 0.15) is 11.1 Å². The van der Waals surface area contributed by atoms with E-state index in [9.17, 15) is 13.2 Å². The average molecular weight is 190 g/mol. The van der Waals surface area contributed by atoms with Crippen molar-refractivity contribution in [2.45, 2.75) is 13.1 Å². The lowest BCUT2D eigenvalue weighted by molar-refractivity contribution is -0.138. The second-order valence-corrected chi connectivity index (χ2v) is 2.68. The second-order valence-electron chi connectivity index (χ2n) is 2.68. The number of alkyl halides is 3. The summed E-state index contributed by atoms with van der Waals surface area (Å²) < 4.78 is 41.6. The Kier molecular flexibility index (Phi) is 2.50. The van der Waals surface area contributed by atoms with E-state index in [0.717, 1.165) is 6.07 Å². The number of halogens is 3. The molecule has 0 aliphatic carbocycles.